The van der Waals surface area contributed by atoms with Crippen molar-refractivity contribution in [3.63, 3.8) is 0 Å². The molecular formula is C12H12ClN3O. The molecule has 1 aromatic carbocycles. The Morgan fingerprint density at radius 3 is 3.00 bits per heavy atom. The van der Waals surface area contributed by atoms with Crippen LogP contribution < -0.4 is 5.32 Å². The number of aryl methyl sites for hydroxylation is 1. The molecule has 2 rings (SSSR count). The SMILES string of the molecule is Cc1cc(C(=O)NCc2ncc[nH]2)ccc1Cl. The van der Waals surface area contributed by atoms with Gasteiger partial charge in [0.25, 0.3) is 5.91 Å². The van der Waals surface area contributed by atoms with Crippen molar-refractivity contribution < 1.29 is 4.79 Å². The first kappa shape index (κ1) is 11.7. The second kappa shape index (κ2) is 5.01. The monoisotopic (exact) mass is 249 g/mol. The van der Waals surface area contributed by atoms with Gasteiger partial charge in [-0.05, 0) is 30.7 Å². The number of imidazole rings is 1. The molecule has 0 unspecified atom stereocenters. The number of aromatic nitrogens is 2. The summed E-state index contributed by atoms with van der Waals surface area (Å²) in [6.45, 7) is 2.25. The van der Waals surface area contributed by atoms with Gasteiger partial charge < -0.3 is 10.3 Å². The van der Waals surface area contributed by atoms with Crippen LogP contribution in [-0.4, -0.2) is 15.9 Å². The van der Waals surface area contributed by atoms with Crippen LogP contribution in [0.25, 0.3) is 0 Å². The second-order valence-electron chi connectivity index (χ2n) is 3.68. The first-order chi connectivity index (χ1) is 8.16. The molecule has 0 spiro atoms. The van der Waals surface area contributed by atoms with E-state index in [1.54, 1.807) is 30.6 Å². The van der Waals surface area contributed by atoms with Gasteiger partial charge in [-0.25, -0.2) is 4.98 Å². The number of rotatable bonds is 3. The topological polar surface area (TPSA) is 57.8 Å². The molecule has 0 radical (unpaired) electrons. The number of amides is 1. The average molecular weight is 250 g/mol. The number of hydrogen-bond acceptors (Lipinski definition) is 2. The van der Waals surface area contributed by atoms with Crippen LogP contribution in [0.15, 0.2) is 30.6 Å². The second-order valence-corrected chi connectivity index (χ2v) is 4.09. The summed E-state index contributed by atoms with van der Waals surface area (Å²) in [6, 6.07) is 5.19. The summed E-state index contributed by atoms with van der Waals surface area (Å²) in [5, 5.41) is 3.43. The minimum absolute atomic E-state index is 0.138. The van der Waals surface area contributed by atoms with E-state index in [0.717, 1.165) is 11.4 Å². The molecule has 1 amide bonds. The van der Waals surface area contributed by atoms with E-state index in [9.17, 15) is 4.79 Å². The zero-order valence-corrected chi connectivity index (χ0v) is 10.1. The van der Waals surface area contributed by atoms with Crippen molar-refractivity contribution in [3.05, 3.63) is 52.6 Å². The van der Waals surface area contributed by atoms with E-state index in [-0.39, 0.29) is 5.91 Å². The highest BCUT2D eigenvalue weighted by Gasteiger charge is 2.07. The van der Waals surface area contributed by atoms with Crippen molar-refractivity contribution in [2.75, 3.05) is 0 Å². The normalized spacial score (nSPS) is 10.2. The summed E-state index contributed by atoms with van der Waals surface area (Å²) < 4.78 is 0. The van der Waals surface area contributed by atoms with Gasteiger partial charge in [-0.15, -0.1) is 0 Å². The van der Waals surface area contributed by atoms with Gasteiger partial charge in [-0.1, -0.05) is 11.6 Å². The molecule has 17 heavy (non-hydrogen) atoms. The third-order valence-electron chi connectivity index (χ3n) is 2.39. The van der Waals surface area contributed by atoms with E-state index in [2.05, 4.69) is 15.3 Å². The minimum Gasteiger partial charge on any atom is -0.347 e. The lowest BCUT2D eigenvalue weighted by Crippen LogP contribution is -2.23. The number of carbonyl (C=O) groups excluding carboxylic acids is 1. The number of halogens is 1. The number of benzene rings is 1. The zero-order valence-electron chi connectivity index (χ0n) is 9.33. The van der Waals surface area contributed by atoms with Crippen molar-refractivity contribution in [1.82, 2.24) is 15.3 Å². The van der Waals surface area contributed by atoms with Crippen LogP contribution in [0.5, 0.6) is 0 Å². The summed E-state index contributed by atoms with van der Waals surface area (Å²) in [7, 11) is 0. The molecule has 0 atom stereocenters. The Balaban J connectivity index is 2.02. The van der Waals surface area contributed by atoms with E-state index >= 15 is 0 Å². The maximum Gasteiger partial charge on any atom is 0.251 e. The number of H-pyrrole nitrogens is 1. The fourth-order valence-electron chi connectivity index (χ4n) is 1.45. The van der Waals surface area contributed by atoms with E-state index in [1.165, 1.54) is 0 Å². The Kier molecular flexibility index (Phi) is 3.44. The highest BCUT2D eigenvalue weighted by Crippen LogP contribution is 2.16. The van der Waals surface area contributed by atoms with Gasteiger partial charge in [0, 0.05) is 23.0 Å². The number of nitrogens with zero attached hydrogens (tertiary/aromatic N) is 1. The van der Waals surface area contributed by atoms with Crippen molar-refractivity contribution in [2.24, 2.45) is 0 Å². The van der Waals surface area contributed by atoms with Gasteiger partial charge in [0.1, 0.15) is 5.82 Å². The maximum atomic E-state index is 11.8. The Hall–Kier alpha value is -1.81. The molecule has 0 aliphatic carbocycles. The summed E-state index contributed by atoms with van der Waals surface area (Å²) in [4.78, 5) is 18.7. The molecule has 1 aromatic heterocycles. The molecule has 0 bridgehead atoms. The van der Waals surface area contributed by atoms with Crippen LogP contribution in [0.4, 0.5) is 0 Å². The highest BCUT2D eigenvalue weighted by molar-refractivity contribution is 6.31. The Morgan fingerprint density at radius 1 is 1.53 bits per heavy atom. The predicted octanol–water partition coefficient (Wildman–Crippen LogP) is 2.30. The smallest absolute Gasteiger partial charge is 0.251 e. The quantitative estimate of drug-likeness (QED) is 0.877. The fraction of sp³-hybridized carbons (Fsp3) is 0.167. The third-order valence-corrected chi connectivity index (χ3v) is 2.82. The molecule has 0 aliphatic rings. The first-order valence-corrected chi connectivity index (χ1v) is 5.57. The lowest BCUT2D eigenvalue weighted by molar-refractivity contribution is 0.0950. The molecule has 88 valence electrons. The Bertz CT molecular complexity index is 523. The largest absolute Gasteiger partial charge is 0.347 e. The molecule has 2 N–H and O–H groups in total. The van der Waals surface area contributed by atoms with Crippen molar-refractivity contribution >= 4 is 17.5 Å². The van der Waals surface area contributed by atoms with E-state index < -0.39 is 0 Å². The Morgan fingerprint density at radius 2 is 2.35 bits per heavy atom. The minimum atomic E-state index is -0.138. The van der Waals surface area contributed by atoms with Gasteiger partial charge in [-0.3, -0.25) is 4.79 Å². The molecule has 1 heterocycles. The molecular weight excluding hydrogens is 238 g/mol. The lowest BCUT2D eigenvalue weighted by Gasteiger charge is -2.05. The molecule has 2 aromatic rings. The maximum absolute atomic E-state index is 11.8. The average Bonchev–Trinajstić information content (AvgIpc) is 2.82. The van der Waals surface area contributed by atoms with Crippen LogP contribution in [0.2, 0.25) is 5.02 Å². The van der Waals surface area contributed by atoms with Crippen LogP contribution in [0.1, 0.15) is 21.7 Å². The van der Waals surface area contributed by atoms with Crippen LogP contribution in [0, 0.1) is 6.92 Å². The molecule has 0 saturated heterocycles. The lowest BCUT2D eigenvalue weighted by atomic mass is 10.1. The summed E-state index contributed by atoms with van der Waals surface area (Å²) in [5.41, 5.74) is 1.48. The van der Waals surface area contributed by atoms with Gasteiger partial charge in [0.05, 0.1) is 6.54 Å². The van der Waals surface area contributed by atoms with Crippen molar-refractivity contribution in [2.45, 2.75) is 13.5 Å². The van der Waals surface area contributed by atoms with E-state index in [0.29, 0.717) is 17.1 Å². The molecule has 0 fully saturated rings. The number of carbonyl (C=O) groups is 1. The van der Waals surface area contributed by atoms with Gasteiger partial charge in [-0.2, -0.15) is 0 Å². The molecule has 4 nitrogen and oxygen atoms in total. The number of aromatic amines is 1. The third kappa shape index (κ3) is 2.85. The molecule has 5 heteroatoms. The van der Waals surface area contributed by atoms with Gasteiger partial charge >= 0.3 is 0 Å². The van der Waals surface area contributed by atoms with Crippen LogP contribution in [-0.2, 0) is 6.54 Å². The Labute approximate surface area is 104 Å². The van der Waals surface area contributed by atoms with Crippen LogP contribution >= 0.6 is 11.6 Å². The van der Waals surface area contributed by atoms with Gasteiger partial charge in [0.15, 0.2) is 0 Å². The van der Waals surface area contributed by atoms with Gasteiger partial charge in [0.2, 0.25) is 0 Å². The first-order valence-electron chi connectivity index (χ1n) is 5.19. The summed E-state index contributed by atoms with van der Waals surface area (Å²) >= 11 is 5.90. The fourth-order valence-corrected chi connectivity index (χ4v) is 1.56. The highest BCUT2D eigenvalue weighted by atomic mass is 35.5. The standard InChI is InChI=1S/C12H12ClN3O/c1-8-6-9(2-3-10(8)13)12(17)16-7-11-14-4-5-15-11/h2-6H,7H2,1H3,(H,14,15)(H,16,17). The zero-order chi connectivity index (χ0) is 12.3. The summed E-state index contributed by atoms with van der Waals surface area (Å²) in [6.07, 6.45) is 3.36. The van der Waals surface area contributed by atoms with Crippen molar-refractivity contribution in [3.8, 4) is 0 Å². The van der Waals surface area contributed by atoms with E-state index in [1.807, 2.05) is 6.92 Å². The molecule has 0 aliphatic heterocycles. The number of hydrogen-bond donors (Lipinski definition) is 2. The van der Waals surface area contributed by atoms with Crippen LogP contribution in [0.3, 0.4) is 0 Å². The summed E-state index contributed by atoms with van der Waals surface area (Å²) in [5.74, 6) is 0.588. The van der Waals surface area contributed by atoms with E-state index in [4.69, 9.17) is 11.6 Å². The molecule has 0 saturated carbocycles. The van der Waals surface area contributed by atoms with Crippen molar-refractivity contribution in [1.29, 1.82) is 0 Å². The number of nitrogens with one attached hydrogen (secondary N) is 2. The predicted molar refractivity (Wildman–Crippen MR) is 65.9 cm³/mol.